The van der Waals surface area contributed by atoms with E-state index in [4.69, 9.17) is 0 Å². The molecule has 0 saturated carbocycles. The summed E-state index contributed by atoms with van der Waals surface area (Å²) >= 11 is 0. The Morgan fingerprint density at radius 3 is 2.89 bits per heavy atom. The molecule has 1 unspecified atom stereocenters. The molecule has 0 aromatic heterocycles. The predicted molar refractivity (Wildman–Crippen MR) is 37.1 cm³/mol. The van der Waals surface area contributed by atoms with Gasteiger partial charge in [0, 0.05) is 31.9 Å². The van der Waals surface area contributed by atoms with Crippen molar-refractivity contribution >= 4 is 0 Å². The first kappa shape index (κ1) is 5.30. The fraction of sp³-hybridized carbons (Fsp3) is 0.714. The van der Waals surface area contributed by atoms with E-state index in [2.05, 4.69) is 23.3 Å². The molecule has 3 aliphatic rings. The summed E-state index contributed by atoms with van der Waals surface area (Å²) in [5.41, 5.74) is 1.47. The topological polar surface area (TPSA) is 15.3 Å². The number of likely N-dealkylation sites (N-methyl/N-ethyl adjacent to an activating group) is 1. The second-order valence-corrected chi connectivity index (χ2v) is 2.89. The van der Waals surface area contributed by atoms with Gasteiger partial charge in [0.25, 0.3) is 0 Å². The Labute approximate surface area is 55.5 Å². The van der Waals surface area contributed by atoms with Crippen molar-refractivity contribution in [1.29, 1.82) is 0 Å². The van der Waals surface area contributed by atoms with Crippen molar-refractivity contribution in [3.63, 3.8) is 0 Å². The van der Waals surface area contributed by atoms with Crippen molar-refractivity contribution in [1.82, 2.24) is 10.2 Å². The minimum Gasteiger partial charge on any atom is -0.376 e. The lowest BCUT2D eigenvalue weighted by Gasteiger charge is -2.38. The van der Waals surface area contributed by atoms with Crippen molar-refractivity contribution in [3.8, 4) is 0 Å². The van der Waals surface area contributed by atoms with Crippen LogP contribution in [0.3, 0.4) is 0 Å². The molecule has 2 heteroatoms. The first-order valence-corrected chi connectivity index (χ1v) is 3.50. The number of nitrogens with one attached hydrogen (secondary N) is 1. The Morgan fingerprint density at radius 1 is 1.78 bits per heavy atom. The molecule has 0 aromatic rings. The molecule has 1 atom stereocenters. The minimum atomic E-state index is 0.729. The summed E-state index contributed by atoms with van der Waals surface area (Å²) in [6.07, 6.45) is 3.57. The van der Waals surface area contributed by atoms with Crippen molar-refractivity contribution in [2.45, 2.75) is 12.5 Å². The highest BCUT2D eigenvalue weighted by atomic mass is 15.2. The van der Waals surface area contributed by atoms with Crippen LogP contribution in [-0.2, 0) is 0 Å². The summed E-state index contributed by atoms with van der Waals surface area (Å²) in [5, 5.41) is 3.44. The number of rotatable bonds is 0. The van der Waals surface area contributed by atoms with Crippen molar-refractivity contribution in [2.24, 2.45) is 0 Å². The van der Waals surface area contributed by atoms with E-state index in [0.29, 0.717) is 0 Å². The third kappa shape index (κ3) is 0.741. The van der Waals surface area contributed by atoms with Crippen molar-refractivity contribution in [2.75, 3.05) is 20.1 Å². The predicted octanol–water partition coefficient (Wildman–Crippen LogP) is 0.178. The molecule has 0 amide bonds. The van der Waals surface area contributed by atoms with E-state index in [0.717, 1.165) is 12.6 Å². The Morgan fingerprint density at radius 2 is 2.67 bits per heavy atom. The maximum Gasteiger partial charge on any atom is 0.0355 e. The molecule has 0 aliphatic carbocycles. The second kappa shape index (κ2) is 1.74. The molecule has 1 fully saturated rings. The summed E-state index contributed by atoms with van der Waals surface area (Å²) in [5.74, 6) is 0. The van der Waals surface area contributed by atoms with Crippen LogP contribution in [-0.4, -0.2) is 31.1 Å². The molecule has 50 valence electrons. The van der Waals surface area contributed by atoms with E-state index in [1.807, 2.05) is 0 Å². The zero-order valence-corrected chi connectivity index (χ0v) is 5.72. The van der Waals surface area contributed by atoms with E-state index in [1.165, 1.54) is 18.7 Å². The van der Waals surface area contributed by atoms with Gasteiger partial charge < -0.3 is 10.2 Å². The monoisotopic (exact) mass is 124 g/mol. The Hall–Kier alpha value is -0.500. The van der Waals surface area contributed by atoms with Crippen LogP contribution in [0.4, 0.5) is 0 Å². The summed E-state index contributed by atoms with van der Waals surface area (Å²) in [6.45, 7) is 2.28. The molecular weight excluding hydrogens is 112 g/mol. The van der Waals surface area contributed by atoms with Crippen LogP contribution in [0.2, 0.25) is 0 Å². The highest BCUT2D eigenvalue weighted by Crippen LogP contribution is 2.17. The van der Waals surface area contributed by atoms with E-state index in [-0.39, 0.29) is 0 Å². The maximum atomic E-state index is 3.44. The number of hydrogen-bond donors (Lipinski definition) is 1. The molecule has 1 N–H and O–H groups in total. The lowest BCUT2D eigenvalue weighted by atomic mass is 10.0. The van der Waals surface area contributed by atoms with E-state index in [1.54, 1.807) is 0 Å². The van der Waals surface area contributed by atoms with Gasteiger partial charge in [-0.15, -0.1) is 0 Å². The standard InChI is InChI=1S/C7H12N2/c1-9-5-6-2-3-7(9)4-8-6/h3,6,8H,2,4-5H2,1H3. The largest absolute Gasteiger partial charge is 0.376 e. The molecule has 3 aliphatic heterocycles. The van der Waals surface area contributed by atoms with Gasteiger partial charge in [0.15, 0.2) is 0 Å². The van der Waals surface area contributed by atoms with Crippen molar-refractivity contribution in [3.05, 3.63) is 11.8 Å². The third-order valence-corrected chi connectivity index (χ3v) is 2.19. The molecule has 0 radical (unpaired) electrons. The lowest BCUT2D eigenvalue weighted by molar-refractivity contribution is 0.270. The normalized spacial score (nSPS) is 32.8. The van der Waals surface area contributed by atoms with Crippen LogP contribution in [0.25, 0.3) is 0 Å². The molecule has 3 heterocycles. The van der Waals surface area contributed by atoms with E-state index in [9.17, 15) is 0 Å². The van der Waals surface area contributed by atoms with Gasteiger partial charge in [-0.2, -0.15) is 0 Å². The lowest BCUT2D eigenvalue weighted by Crippen LogP contribution is -2.50. The molecule has 0 spiro atoms. The van der Waals surface area contributed by atoms with Gasteiger partial charge in [-0.25, -0.2) is 0 Å². The molecule has 1 saturated heterocycles. The zero-order chi connectivity index (χ0) is 6.27. The summed E-state index contributed by atoms with van der Waals surface area (Å²) in [4.78, 5) is 2.34. The first-order valence-electron chi connectivity index (χ1n) is 3.50. The van der Waals surface area contributed by atoms with Gasteiger partial charge in [0.1, 0.15) is 0 Å². The van der Waals surface area contributed by atoms with E-state index >= 15 is 0 Å². The van der Waals surface area contributed by atoms with Crippen LogP contribution >= 0.6 is 0 Å². The molecule has 9 heavy (non-hydrogen) atoms. The highest BCUT2D eigenvalue weighted by Gasteiger charge is 2.23. The molecule has 0 aromatic carbocycles. The number of hydrogen-bond acceptors (Lipinski definition) is 2. The smallest absolute Gasteiger partial charge is 0.0355 e. The first-order chi connectivity index (χ1) is 4.36. The maximum absolute atomic E-state index is 3.44. The Bertz CT molecular complexity index is 151. The summed E-state index contributed by atoms with van der Waals surface area (Å²) in [6, 6.07) is 0.729. The van der Waals surface area contributed by atoms with Gasteiger partial charge >= 0.3 is 0 Å². The van der Waals surface area contributed by atoms with Crippen molar-refractivity contribution < 1.29 is 0 Å². The van der Waals surface area contributed by atoms with Gasteiger partial charge in [-0.3, -0.25) is 0 Å². The fourth-order valence-electron chi connectivity index (χ4n) is 1.56. The molecule has 2 nitrogen and oxygen atoms in total. The van der Waals surface area contributed by atoms with Crippen LogP contribution in [0.15, 0.2) is 11.8 Å². The van der Waals surface area contributed by atoms with Crippen LogP contribution in [0, 0.1) is 0 Å². The minimum absolute atomic E-state index is 0.729. The average Bonchev–Trinajstić information content (AvgIpc) is 1.90. The highest BCUT2D eigenvalue weighted by molar-refractivity contribution is 5.13. The number of piperazine rings is 1. The molecule has 3 rings (SSSR count). The van der Waals surface area contributed by atoms with Crippen LogP contribution in [0.5, 0.6) is 0 Å². The van der Waals surface area contributed by atoms with Crippen LogP contribution in [0.1, 0.15) is 6.42 Å². The van der Waals surface area contributed by atoms with Gasteiger partial charge in [-0.05, 0) is 6.42 Å². The second-order valence-electron chi connectivity index (χ2n) is 2.89. The third-order valence-electron chi connectivity index (χ3n) is 2.19. The Kier molecular flexibility index (Phi) is 1.02. The molecular formula is C7H12N2. The van der Waals surface area contributed by atoms with Gasteiger partial charge in [0.05, 0.1) is 0 Å². The summed E-state index contributed by atoms with van der Waals surface area (Å²) < 4.78 is 0. The fourth-order valence-corrected chi connectivity index (χ4v) is 1.56. The zero-order valence-electron chi connectivity index (χ0n) is 5.72. The average molecular weight is 124 g/mol. The number of fused-ring (bicyclic) bond motifs is 3. The number of nitrogens with zero attached hydrogens (tertiary/aromatic N) is 1. The van der Waals surface area contributed by atoms with Crippen LogP contribution < -0.4 is 5.32 Å². The van der Waals surface area contributed by atoms with Gasteiger partial charge in [0.2, 0.25) is 0 Å². The Balaban J connectivity index is 2.23. The van der Waals surface area contributed by atoms with E-state index < -0.39 is 0 Å². The molecule has 2 bridgehead atoms. The van der Waals surface area contributed by atoms with Gasteiger partial charge in [-0.1, -0.05) is 6.08 Å². The summed E-state index contributed by atoms with van der Waals surface area (Å²) in [7, 11) is 2.17. The SMILES string of the molecule is CN1CC2CC=C1CN2. The quantitative estimate of drug-likeness (QED) is 0.495.